The number of carbonyl (C=O) groups excluding carboxylic acids is 2. The summed E-state index contributed by atoms with van der Waals surface area (Å²) in [5.41, 5.74) is 2.53. The van der Waals surface area contributed by atoms with Gasteiger partial charge in [0.25, 0.3) is 5.78 Å². The predicted molar refractivity (Wildman–Crippen MR) is 130 cm³/mol. The highest BCUT2D eigenvalue weighted by atomic mass is 19.3. The van der Waals surface area contributed by atoms with Gasteiger partial charge in [0.2, 0.25) is 0 Å². The molecular formula is C26H31BF2NO4+. The van der Waals surface area contributed by atoms with Crippen molar-refractivity contribution < 1.29 is 31.6 Å². The number of carbonyl (C=O) groups is 1. The molecule has 0 spiro atoms. The van der Waals surface area contributed by atoms with Crippen LogP contribution in [0.15, 0.2) is 72.8 Å². The van der Waals surface area contributed by atoms with Crippen LogP contribution in [0.25, 0.3) is 5.76 Å². The van der Waals surface area contributed by atoms with E-state index in [-0.39, 0.29) is 17.5 Å². The van der Waals surface area contributed by atoms with Crippen LogP contribution in [-0.2, 0) is 20.7 Å². The van der Waals surface area contributed by atoms with Crippen molar-refractivity contribution in [3.8, 4) is 0 Å². The molecule has 2 aromatic rings. The number of hydrogen-bond donors (Lipinski definition) is 0. The molecule has 0 saturated heterocycles. The quantitative estimate of drug-likeness (QED) is 0.155. The zero-order valence-corrected chi connectivity index (χ0v) is 19.9. The van der Waals surface area contributed by atoms with Gasteiger partial charge in [0.05, 0.1) is 30.5 Å². The molecule has 1 aliphatic heterocycles. The van der Waals surface area contributed by atoms with Crippen molar-refractivity contribution in [3.05, 3.63) is 89.5 Å². The Bertz CT molecular complexity index is 1080. The van der Waals surface area contributed by atoms with Crippen LogP contribution in [0.2, 0.25) is 0 Å². The molecule has 34 heavy (non-hydrogen) atoms. The average Bonchev–Trinajstić information content (AvgIpc) is 2.83. The molecule has 2 aromatic carbocycles. The third-order valence-electron chi connectivity index (χ3n) is 6.09. The Morgan fingerprint density at radius 1 is 1.06 bits per heavy atom. The van der Waals surface area contributed by atoms with E-state index >= 15 is 0 Å². The molecule has 0 aromatic heterocycles. The number of rotatable bonds is 10. The van der Waals surface area contributed by atoms with E-state index in [2.05, 4.69) is 20.4 Å². The second-order valence-corrected chi connectivity index (χ2v) is 8.48. The van der Waals surface area contributed by atoms with Crippen LogP contribution in [0.5, 0.6) is 0 Å². The Morgan fingerprint density at radius 2 is 1.71 bits per heavy atom. The molecule has 1 aliphatic rings. The molecular weight excluding hydrogens is 439 g/mol. The molecule has 180 valence electrons. The SMILES string of the molecule is C=C(C)C(=O)OCC[N+](CC)(CC)Cc1ccc(C2=CC(c3ccccc3)=[O+][B-](F)(F)O2)cc1. The number of quaternary nitrogens is 1. The number of nitrogens with zero attached hydrogens (tertiary/aromatic N) is 1. The normalized spacial score (nSPS) is 15.1. The Hall–Kier alpha value is -3.26. The number of allylic oxidation sites excluding steroid dienone is 1. The van der Waals surface area contributed by atoms with Gasteiger partial charge in [-0.15, -0.1) is 0 Å². The van der Waals surface area contributed by atoms with Crippen LogP contribution in [0.1, 0.15) is 41.8 Å². The zero-order valence-electron chi connectivity index (χ0n) is 19.9. The van der Waals surface area contributed by atoms with Crippen molar-refractivity contribution in [2.75, 3.05) is 26.2 Å². The number of esters is 1. The van der Waals surface area contributed by atoms with E-state index in [1.165, 1.54) is 6.08 Å². The van der Waals surface area contributed by atoms with Gasteiger partial charge in [-0.3, -0.25) is 0 Å². The van der Waals surface area contributed by atoms with Crippen LogP contribution >= 0.6 is 0 Å². The minimum Gasteiger partial charge on any atom is -0.569 e. The maximum absolute atomic E-state index is 14.2. The fraction of sp³-hybridized carbons (Fsp3) is 0.308. The fourth-order valence-corrected chi connectivity index (χ4v) is 3.87. The monoisotopic (exact) mass is 470 g/mol. The molecule has 0 atom stereocenters. The fourth-order valence-electron chi connectivity index (χ4n) is 3.87. The number of hydrogen-bond acceptors (Lipinski definition) is 3. The van der Waals surface area contributed by atoms with Gasteiger partial charge in [-0.25, -0.2) is 4.79 Å². The summed E-state index contributed by atoms with van der Waals surface area (Å²) in [4.78, 5) is 11.7. The number of ketones is 1. The first-order chi connectivity index (χ1) is 16.2. The zero-order chi connectivity index (χ0) is 24.8. The van der Waals surface area contributed by atoms with Gasteiger partial charge in [0.15, 0.2) is 0 Å². The summed E-state index contributed by atoms with van der Waals surface area (Å²) in [5.74, 6) is -0.238. The van der Waals surface area contributed by atoms with Gasteiger partial charge >= 0.3 is 13.1 Å². The van der Waals surface area contributed by atoms with Crippen LogP contribution in [-0.4, -0.2) is 49.6 Å². The van der Waals surface area contributed by atoms with E-state index in [1.807, 2.05) is 18.2 Å². The van der Waals surface area contributed by atoms with Gasteiger partial charge < -0.3 is 26.8 Å². The van der Waals surface area contributed by atoms with Gasteiger partial charge in [-0.2, -0.15) is 0 Å². The number of ether oxygens (including phenoxy) is 1. The summed E-state index contributed by atoms with van der Waals surface area (Å²) in [6.45, 7) is 12.9. The molecule has 8 heteroatoms. The summed E-state index contributed by atoms with van der Waals surface area (Å²) < 4.78 is 44.1. The lowest BCUT2D eigenvalue weighted by atomic mass is 10.0. The average molecular weight is 470 g/mol. The van der Waals surface area contributed by atoms with E-state index < -0.39 is 7.11 Å². The first kappa shape index (κ1) is 25.4. The molecule has 0 saturated carbocycles. The molecule has 1 heterocycles. The molecule has 0 fully saturated rings. The lowest BCUT2D eigenvalue weighted by molar-refractivity contribution is -0.937. The Balaban J connectivity index is 1.75. The molecule has 5 nitrogen and oxygen atoms in total. The van der Waals surface area contributed by atoms with E-state index in [1.54, 1.807) is 43.3 Å². The standard InChI is InChI=1S/C26H31BF2NO4/c1-5-30(6-2,16-17-32-26(31)20(3)4)19-21-12-14-23(15-13-21)25-18-24(33-27(28,29)34-25)22-10-8-7-9-11-22/h7-15,18H,3,5-6,16-17,19H2,1-2,4H3/q+1. The summed E-state index contributed by atoms with van der Waals surface area (Å²) >= 11 is 0. The Labute approximate surface area is 199 Å². The molecule has 0 N–H and O–H groups in total. The number of likely N-dealkylation sites (N-methyl/N-ethyl adjacent to an activating group) is 1. The molecule has 0 amide bonds. The smallest absolute Gasteiger partial charge is 0.569 e. The summed E-state index contributed by atoms with van der Waals surface area (Å²) in [6.07, 6.45) is 1.50. The third kappa shape index (κ3) is 6.41. The van der Waals surface area contributed by atoms with E-state index in [0.29, 0.717) is 29.9 Å². The summed E-state index contributed by atoms with van der Waals surface area (Å²) in [5, 5.41) is 0. The van der Waals surface area contributed by atoms with Crippen LogP contribution in [0.4, 0.5) is 8.63 Å². The van der Waals surface area contributed by atoms with Crippen molar-refractivity contribution >= 4 is 24.6 Å². The first-order valence-corrected chi connectivity index (χ1v) is 11.5. The molecule has 0 bridgehead atoms. The second kappa shape index (κ2) is 10.8. The van der Waals surface area contributed by atoms with Crippen molar-refractivity contribution in [1.29, 1.82) is 0 Å². The summed E-state index contributed by atoms with van der Waals surface area (Å²) in [6, 6.07) is 16.2. The third-order valence-corrected chi connectivity index (χ3v) is 6.09. The lowest BCUT2D eigenvalue weighted by Gasteiger charge is -2.36. The molecule has 3 rings (SSSR count). The minimum absolute atomic E-state index is 0.0695. The minimum atomic E-state index is -4.47. The van der Waals surface area contributed by atoms with Crippen molar-refractivity contribution in [1.82, 2.24) is 0 Å². The largest absolute Gasteiger partial charge is 0.995 e. The molecule has 0 unspecified atom stereocenters. The van der Waals surface area contributed by atoms with Crippen molar-refractivity contribution in [3.63, 3.8) is 0 Å². The number of benzene rings is 2. The van der Waals surface area contributed by atoms with Crippen molar-refractivity contribution in [2.45, 2.75) is 27.3 Å². The second-order valence-electron chi connectivity index (χ2n) is 8.48. The lowest BCUT2D eigenvalue weighted by Crippen LogP contribution is -2.49. The maximum atomic E-state index is 14.2. The van der Waals surface area contributed by atoms with Gasteiger partial charge in [-0.1, -0.05) is 49.0 Å². The van der Waals surface area contributed by atoms with Gasteiger partial charge in [-0.05, 0) is 32.9 Å². The van der Waals surface area contributed by atoms with Crippen molar-refractivity contribution in [2.24, 2.45) is 0 Å². The highest BCUT2D eigenvalue weighted by Crippen LogP contribution is 2.29. The van der Waals surface area contributed by atoms with E-state index in [4.69, 9.17) is 13.7 Å². The molecule has 0 aliphatic carbocycles. The van der Waals surface area contributed by atoms with E-state index in [9.17, 15) is 13.4 Å². The van der Waals surface area contributed by atoms with Gasteiger partial charge in [0.1, 0.15) is 19.7 Å². The highest BCUT2D eigenvalue weighted by Gasteiger charge is 2.53. The number of halogens is 2. The topological polar surface area (TPSA) is 46.8 Å². The maximum Gasteiger partial charge on any atom is 0.995 e. The van der Waals surface area contributed by atoms with E-state index in [0.717, 1.165) is 29.7 Å². The predicted octanol–water partition coefficient (Wildman–Crippen LogP) is 5.33. The summed E-state index contributed by atoms with van der Waals surface area (Å²) in [7, 11) is -4.47. The van der Waals surface area contributed by atoms with Gasteiger partial charge in [0, 0.05) is 16.7 Å². The van der Waals surface area contributed by atoms with Crippen LogP contribution < -0.4 is 0 Å². The molecule has 0 radical (unpaired) electrons. The Morgan fingerprint density at radius 3 is 2.29 bits per heavy atom. The van der Waals surface area contributed by atoms with Crippen LogP contribution in [0.3, 0.4) is 0 Å². The van der Waals surface area contributed by atoms with Crippen LogP contribution in [0, 0.1) is 0 Å². The highest BCUT2D eigenvalue weighted by molar-refractivity contribution is 6.52. The Kier molecular flexibility index (Phi) is 8.04. The first-order valence-electron chi connectivity index (χ1n) is 11.5.